The van der Waals surface area contributed by atoms with Crippen molar-refractivity contribution in [3.63, 3.8) is 0 Å². The molecule has 16 heavy (non-hydrogen) atoms. The fourth-order valence-corrected chi connectivity index (χ4v) is 1.27. The van der Waals surface area contributed by atoms with Crippen molar-refractivity contribution in [2.45, 2.75) is 13.0 Å². The Morgan fingerprint density at radius 2 is 1.94 bits per heavy atom. The Balaban J connectivity index is 2.69. The number of hydrogen-bond acceptors (Lipinski definition) is 4. The number of benzene rings is 1. The molecule has 5 heteroatoms. The van der Waals surface area contributed by atoms with Crippen LogP contribution in [0.15, 0.2) is 29.4 Å². The van der Waals surface area contributed by atoms with Gasteiger partial charge in [0.1, 0.15) is 0 Å². The predicted octanol–water partition coefficient (Wildman–Crippen LogP) is 1.30. The van der Waals surface area contributed by atoms with Gasteiger partial charge in [0.15, 0.2) is 5.84 Å². The van der Waals surface area contributed by atoms with Crippen molar-refractivity contribution in [2.75, 3.05) is 24.3 Å². The van der Waals surface area contributed by atoms with Gasteiger partial charge in [0.05, 0.1) is 6.04 Å². The van der Waals surface area contributed by atoms with E-state index >= 15 is 0 Å². The highest BCUT2D eigenvalue weighted by Gasteiger charge is 2.06. The lowest BCUT2D eigenvalue weighted by molar-refractivity contribution is 0.316. The van der Waals surface area contributed by atoms with E-state index in [1.54, 1.807) is 0 Å². The number of rotatable bonds is 4. The molecule has 1 aromatic rings. The molecule has 5 nitrogen and oxygen atoms in total. The van der Waals surface area contributed by atoms with Crippen LogP contribution in [-0.4, -0.2) is 31.2 Å². The summed E-state index contributed by atoms with van der Waals surface area (Å²) in [5, 5.41) is 14.6. The third-order valence-electron chi connectivity index (χ3n) is 2.33. The second kappa shape index (κ2) is 5.25. The number of anilines is 2. The van der Waals surface area contributed by atoms with Crippen LogP contribution in [0.2, 0.25) is 0 Å². The molecule has 0 amide bonds. The Morgan fingerprint density at radius 3 is 2.38 bits per heavy atom. The first-order valence-electron chi connectivity index (χ1n) is 5.06. The van der Waals surface area contributed by atoms with Crippen molar-refractivity contribution in [3.05, 3.63) is 24.3 Å². The molecule has 0 aliphatic carbocycles. The smallest absolute Gasteiger partial charge is 0.161 e. The summed E-state index contributed by atoms with van der Waals surface area (Å²) >= 11 is 0. The van der Waals surface area contributed by atoms with Crippen LogP contribution in [0.1, 0.15) is 6.92 Å². The first-order valence-corrected chi connectivity index (χ1v) is 5.06. The van der Waals surface area contributed by atoms with Gasteiger partial charge in [-0.15, -0.1) is 0 Å². The zero-order chi connectivity index (χ0) is 12.1. The lowest BCUT2D eigenvalue weighted by Gasteiger charge is -2.16. The molecule has 0 aliphatic rings. The van der Waals surface area contributed by atoms with Crippen LogP contribution in [0.5, 0.6) is 0 Å². The van der Waals surface area contributed by atoms with Crippen molar-refractivity contribution in [3.8, 4) is 0 Å². The summed E-state index contributed by atoms with van der Waals surface area (Å²) in [7, 11) is 3.98. The van der Waals surface area contributed by atoms with E-state index in [0.717, 1.165) is 11.4 Å². The van der Waals surface area contributed by atoms with Crippen LogP contribution >= 0.6 is 0 Å². The molecular weight excluding hydrogens is 204 g/mol. The van der Waals surface area contributed by atoms with Crippen LogP contribution in [0.4, 0.5) is 11.4 Å². The molecule has 0 bridgehead atoms. The molecule has 88 valence electrons. The van der Waals surface area contributed by atoms with E-state index in [2.05, 4.69) is 10.5 Å². The molecule has 1 rings (SSSR count). The van der Waals surface area contributed by atoms with Crippen molar-refractivity contribution in [1.82, 2.24) is 0 Å². The third kappa shape index (κ3) is 3.05. The molecule has 1 unspecified atom stereocenters. The summed E-state index contributed by atoms with van der Waals surface area (Å²) in [5.41, 5.74) is 7.53. The Labute approximate surface area is 95.5 Å². The maximum Gasteiger partial charge on any atom is 0.161 e. The summed E-state index contributed by atoms with van der Waals surface area (Å²) in [6.07, 6.45) is 0. The van der Waals surface area contributed by atoms with Gasteiger partial charge in [-0.05, 0) is 31.2 Å². The molecule has 1 atom stereocenters. The molecule has 4 N–H and O–H groups in total. The molecule has 0 aromatic heterocycles. The molecule has 0 radical (unpaired) electrons. The lowest BCUT2D eigenvalue weighted by atomic mass is 10.2. The van der Waals surface area contributed by atoms with Crippen LogP contribution in [0, 0.1) is 0 Å². The largest absolute Gasteiger partial charge is 0.409 e. The monoisotopic (exact) mass is 222 g/mol. The van der Waals surface area contributed by atoms with Crippen molar-refractivity contribution >= 4 is 17.2 Å². The van der Waals surface area contributed by atoms with Crippen LogP contribution in [0.3, 0.4) is 0 Å². The van der Waals surface area contributed by atoms with Gasteiger partial charge in [-0.1, -0.05) is 5.16 Å². The highest BCUT2D eigenvalue weighted by molar-refractivity contribution is 5.87. The molecule has 0 saturated heterocycles. The van der Waals surface area contributed by atoms with E-state index in [9.17, 15) is 0 Å². The fraction of sp³-hybridized carbons (Fsp3) is 0.364. The molecule has 0 fully saturated rings. The van der Waals surface area contributed by atoms with E-state index in [-0.39, 0.29) is 11.9 Å². The van der Waals surface area contributed by atoms with Gasteiger partial charge in [0.2, 0.25) is 0 Å². The van der Waals surface area contributed by atoms with Crippen LogP contribution in [0.25, 0.3) is 0 Å². The molecule has 1 aromatic carbocycles. The highest BCUT2D eigenvalue weighted by Crippen LogP contribution is 2.16. The average Bonchev–Trinajstić information content (AvgIpc) is 2.28. The molecule has 0 aliphatic heterocycles. The minimum atomic E-state index is -0.199. The van der Waals surface area contributed by atoms with Crippen molar-refractivity contribution in [1.29, 1.82) is 0 Å². The Morgan fingerprint density at radius 1 is 1.38 bits per heavy atom. The minimum absolute atomic E-state index is 0.164. The van der Waals surface area contributed by atoms with E-state index in [0.29, 0.717) is 0 Å². The van der Waals surface area contributed by atoms with Crippen molar-refractivity contribution < 1.29 is 5.21 Å². The molecule has 0 spiro atoms. The van der Waals surface area contributed by atoms with Gasteiger partial charge in [-0.25, -0.2) is 0 Å². The number of hydrogen-bond donors (Lipinski definition) is 3. The minimum Gasteiger partial charge on any atom is -0.409 e. The van der Waals surface area contributed by atoms with Gasteiger partial charge in [0.25, 0.3) is 0 Å². The number of nitrogens with zero attached hydrogens (tertiary/aromatic N) is 2. The highest BCUT2D eigenvalue weighted by atomic mass is 16.4. The van der Waals surface area contributed by atoms with Gasteiger partial charge < -0.3 is 21.2 Å². The van der Waals surface area contributed by atoms with E-state index in [1.807, 2.05) is 50.2 Å². The first-order chi connectivity index (χ1) is 7.54. The fourth-order valence-electron chi connectivity index (χ4n) is 1.27. The Hall–Kier alpha value is -1.91. The SMILES string of the molecule is CC(Nc1ccc(N(C)C)cc1)C(N)=NO. The van der Waals surface area contributed by atoms with E-state index in [1.165, 1.54) is 0 Å². The number of nitrogens with one attached hydrogen (secondary N) is 1. The predicted molar refractivity (Wildman–Crippen MR) is 67.3 cm³/mol. The normalized spacial score (nSPS) is 13.3. The van der Waals surface area contributed by atoms with Crippen LogP contribution in [-0.2, 0) is 0 Å². The molecular formula is C11H18N4O. The second-order valence-corrected chi connectivity index (χ2v) is 3.83. The number of nitrogens with two attached hydrogens (primary N) is 1. The Bertz CT molecular complexity index is 359. The topological polar surface area (TPSA) is 73.9 Å². The molecule has 0 saturated carbocycles. The number of amidine groups is 1. The average molecular weight is 222 g/mol. The summed E-state index contributed by atoms with van der Waals surface area (Å²) in [4.78, 5) is 2.02. The van der Waals surface area contributed by atoms with Crippen LogP contribution < -0.4 is 16.0 Å². The van der Waals surface area contributed by atoms with E-state index in [4.69, 9.17) is 10.9 Å². The standard InChI is InChI=1S/C11H18N4O/c1-8(11(12)14-16)13-9-4-6-10(7-5-9)15(2)3/h4-8,13,16H,1-3H3,(H2,12,14). The number of oxime groups is 1. The summed E-state index contributed by atoms with van der Waals surface area (Å²) in [5.74, 6) is 0.164. The maximum absolute atomic E-state index is 8.52. The second-order valence-electron chi connectivity index (χ2n) is 3.83. The van der Waals surface area contributed by atoms with Gasteiger partial charge in [-0.2, -0.15) is 0 Å². The van der Waals surface area contributed by atoms with E-state index < -0.39 is 0 Å². The summed E-state index contributed by atoms with van der Waals surface area (Å²) in [6, 6.07) is 7.71. The maximum atomic E-state index is 8.52. The van der Waals surface area contributed by atoms with Crippen molar-refractivity contribution in [2.24, 2.45) is 10.9 Å². The lowest BCUT2D eigenvalue weighted by Crippen LogP contribution is -2.32. The summed E-state index contributed by atoms with van der Waals surface area (Å²) in [6.45, 7) is 1.83. The third-order valence-corrected chi connectivity index (χ3v) is 2.33. The van der Waals surface area contributed by atoms with Gasteiger partial charge >= 0.3 is 0 Å². The molecule has 0 heterocycles. The summed E-state index contributed by atoms with van der Waals surface area (Å²) < 4.78 is 0. The zero-order valence-electron chi connectivity index (χ0n) is 9.81. The zero-order valence-corrected chi connectivity index (χ0v) is 9.81. The first kappa shape index (κ1) is 12.2. The van der Waals surface area contributed by atoms with Gasteiger partial charge in [0, 0.05) is 25.5 Å². The quantitative estimate of drug-likeness (QED) is 0.311. The Kier molecular flexibility index (Phi) is 3.99. The van der Waals surface area contributed by atoms with Gasteiger partial charge in [-0.3, -0.25) is 0 Å².